The van der Waals surface area contributed by atoms with Crippen LogP contribution in [0, 0.1) is 0 Å². The van der Waals surface area contributed by atoms with Gasteiger partial charge in [0.2, 0.25) is 0 Å². The maximum Gasteiger partial charge on any atom is 0.0849 e. The highest BCUT2D eigenvalue weighted by Gasteiger charge is 1.77. The summed E-state index contributed by atoms with van der Waals surface area (Å²) in [5, 5.41) is 9.69. The summed E-state index contributed by atoms with van der Waals surface area (Å²) in [7, 11) is 0. The Labute approximate surface area is 47.4 Å². The molecule has 0 aliphatic rings. The standard InChI is InChI=1S/C4H8O2S/c1-2-7-6-4-3-5/h2,5H,1,3-4H2. The molecule has 0 fully saturated rings. The SMILES string of the molecule is C=CSOCCO. The molecule has 0 bridgehead atoms. The number of aliphatic hydroxyl groups excluding tert-OH is 1. The number of rotatable bonds is 4. The molecule has 0 saturated heterocycles. The van der Waals surface area contributed by atoms with Crippen LogP contribution < -0.4 is 0 Å². The van der Waals surface area contributed by atoms with Crippen LogP contribution in [-0.4, -0.2) is 18.3 Å². The Morgan fingerprint density at radius 2 is 2.57 bits per heavy atom. The van der Waals surface area contributed by atoms with Crippen LogP contribution in [0.4, 0.5) is 0 Å². The zero-order valence-corrected chi connectivity index (χ0v) is 4.78. The smallest absolute Gasteiger partial charge is 0.0849 e. The third-order valence-corrected chi connectivity index (χ3v) is 0.750. The molecule has 0 amide bonds. The molecule has 0 aliphatic heterocycles. The normalized spacial score (nSPS) is 8.71. The van der Waals surface area contributed by atoms with Gasteiger partial charge in [0.1, 0.15) is 0 Å². The minimum absolute atomic E-state index is 0.0703. The Bertz CT molecular complexity index is 47.0. The van der Waals surface area contributed by atoms with Gasteiger partial charge in [0.25, 0.3) is 0 Å². The summed E-state index contributed by atoms with van der Waals surface area (Å²) in [5.41, 5.74) is 0. The Kier molecular flexibility index (Phi) is 6.02. The van der Waals surface area contributed by atoms with E-state index in [-0.39, 0.29) is 6.61 Å². The lowest BCUT2D eigenvalue weighted by molar-refractivity contribution is 0.222. The maximum atomic E-state index is 8.12. The monoisotopic (exact) mass is 120 g/mol. The van der Waals surface area contributed by atoms with Gasteiger partial charge in [0, 0.05) is 12.0 Å². The van der Waals surface area contributed by atoms with E-state index in [1.807, 2.05) is 0 Å². The zero-order chi connectivity index (χ0) is 5.54. The van der Waals surface area contributed by atoms with E-state index in [0.29, 0.717) is 6.61 Å². The highest BCUT2D eigenvalue weighted by molar-refractivity contribution is 7.97. The predicted octanol–water partition coefficient (Wildman–Crippen LogP) is 0.787. The minimum Gasteiger partial charge on any atom is -0.394 e. The van der Waals surface area contributed by atoms with Crippen molar-refractivity contribution in [1.82, 2.24) is 0 Å². The molecule has 0 aromatic heterocycles. The molecule has 42 valence electrons. The van der Waals surface area contributed by atoms with Crippen molar-refractivity contribution in [2.24, 2.45) is 0 Å². The van der Waals surface area contributed by atoms with Crippen LogP contribution >= 0.6 is 12.0 Å². The van der Waals surface area contributed by atoms with Crippen LogP contribution in [0.3, 0.4) is 0 Å². The van der Waals surface area contributed by atoms with E-state index in [4.69, 9.17) is 5.11 Å². The Morgan fingerprint density at radius 3 is 3.00 bits per heavy atom. The molecule has 1 N–H and O–H groups in total. The van der Waals surface area contributed by atoms with Crippen molar-refractivity contribution in [2.45, 2.75) is 0 Å². The van der Waals surface area contributed by atoms with E-state index in [9.17, 15) is 0 Å². The molecule has 0 radical (unpaired) electrons. The lowest BCUT2D eigenvalue weighted by Gasteiger charge is -1.90. The Hall–Kier alpha value is 0.01000. The molecular formula is C4H8O2S. The van der Waals surface area contributed by atoms with Gasteiger partial charge >= 0.3 is 0 Å². The van der Waals surface area contributed by atoms with Crippen LogP contribution in [0.25, 0.3) is 0 Å². The molecule has 0 atom stereocenters. The summed E-state index contributed by atoms with van der Waals surface area (Å²) < 4.78 is 4.68. The van der Waals surface area contributed by atoms with Gasteiger partial charge in [-0.05, 0) is 5.41 Å². The highest BCUT2D eigenvalue weighted by Crippen LogP contribution is 1.99. The summed E-state index contributed by atoms with van der Waals surface area (Å²) in [5.74, 6) is 0. The first-order chi connectivity index (χ1) is 3.41. The van der Waals surface area contributed by atoms with Crippen molar-refractivity contribution in [3.8, 4) is 0 Å². The molecule has 0 spiro atoms. The van der Waals surface area contributed by atoms with E-state index in [2.05, 4.69) is 10.8 Å². The van der Waals surface area contributed by atoms with Crippen LogP contribution in [0.1, 0.15) is 0 Å². The molecule has 0 aromatic carbocycles. The second-order valence-electron chi connectivity index (χ2n) is 0.808. The van der Waals surface area contributed by atoms with E-state index in [1.165, 1.54) is 0 Å². The van der Waals surface area contributed by atoms with E-state index in [1.54, 1.807) is 5.41 Å². The first-order valence-electron chi connectivity index (χ1n) is 1.92. The van der Waals surface area contributed by atoms with E-state index >= 15 is 0 Å². The fourth-order valence-electron chi connectivity index (χ4n) is 0.133. The summed E-state index contributed by atoms with van der Waals surface area (Å²) in [6, 6.07) is 0. The summed E-state index contributed by atoms with van der Waals surface area (Å²) >= 11 is 1.14. The number of hydrogen-bond acceptors (Lipinski definition) is 3. The molecule has 0 saturated carbocycles. The highest BCUT2D eigenvalue weighted by atomic mass is 32.2. The zero-order valence-electron chi connectivity index (χ0n) is 3.96. The molecule has 2 nitrogen and oxygen atoms in total. The van der Waals surface area contributed by atoms with Crippen LogP contribution in [-0.2, 0) is 4.18 Å². The van der Waals surface area contributed by atoms with Gasteiger partial charge < -0.3 is 9.29 Å². The Balaban J connectivity index is 2.56. The first kappa shape index (κ1) is 7.01. The van der Waals surface area contributed by atoms with E-state index in [0.717, 1.165) is 12.0 Å². The van der Waals surface area contributed by atoms with Crippen molar-refractivity contribution in [2.75, 3.05) is 13.2 Å². The van der Waals surface area contributed by atoms with Gasteiger partial charge in [-0.3, -0.25) is 0 Å². The van der Waals surface area contributed by atoms with E-state index < -0.39 is 0 Å². The minimum atomic E-state index is 0.0703. The predicted molar refractivity (Wildman–Crippen MR) is 30.8 cm³/mol. The number of aliphatic hydroxyl groups is 1. The van der Waals surface area contributed by atoms with Crippen LogP contribution in [0.15, 0.2) is 12.0 Å². The molecule has 0 aromatic rings. The molecule has 3 heteroatoms. The fourth-order valence-corrected chi connectivity index (χ4v) is 0.400. The second-order valence-corrected chi connectivity index (χ2v) is 1.57. The van der Waals surface area contributed by atoms with Crippen molar-refractivity contribution < 1.29 is 9.29 Å². The van der Waals surface area contributed by atoms with Gasteiger partial charge in [0.15, 0.2) is 0 Å². The summed E-state index contributed by atoms with van der Waals surface area (Å²) in [4.78, 5) is 0. The van der Waals surface area contributed by atoms with Gasteiger partial charge in [0.05, 0.1) is 13.2 Å². The van der Waals surface area contributed by atoms with Gasteiger partial charge in [-0.2, -0.15) is 0 Å². The Morgan fingerprint density at radius 1 is 1.86 bits per heavy atom. The number of hydrogen-bond donors (Lipinski definition) is 1. The van der Waals surface area contributed by atoms with Crippen molar-refractivity contribution in [1.29, 1.82) is 0 Å². The molecule has 0 unspecified atom stereocenters. The average molecular weight is 120 g/mol. The van der Waals surface area contributed by atoms with Crippen molar-refractivity contribution >= 4 is 12.0 Å². The molecule has 0 aliphatic carbocycles. The summed E-state index contributed by atoms with van der Waals surface area (Å²) in [6.45, 7) is 3.83. The van der Waals surface area contributed by atoms with Gasteiger partial charge in [-0.25, -0.2) is 0 Å². The van der Waals surface area contributed by atoms with Crippen LogP contribution in [0.5, 0.6) is 0 Å². The maximum absolute atomic E-state index is 8.12. The van der Waals surface area contributed by atoms with Crippen molar-refractivity contribution in [3.05, 3.63) is 12.0 Å². The fraction of sp³-hybridized carbons (Fsp3) is 0.500. The topological polar surface area (TPSA) is 29.5 Å². The third kappa shape index (κ3) is 6.01. The second kappa shape index (κ2) is 6.01. The molecule has 0 rings (SSSR count). The lowest BCUT2D eigenvalue weighted by Crippen LogP contribution is -1.89. The van der Waals surface area contributed by atoms with Crippen molar-refractivity contribution in [3.63, 3.8) is 0 Å². The first-order valence-corrected chi connectivity index (χ1v) is 2.72. The van der Waals surface area contributed by atoms with Crippen LogP contribution in [0.2, 0.25) is 0 Å². The van der Waals surface area contributed by atoms with Gasteiger partial charge in [-0.1, -0.05) is 6.58 Å². The quantitative estimate of drug-likeness (QED) is 0.439. The van der Waals surface area contributed by atoms with Gasteiger partial charge in [-0.15, -0.1) is 0 Å². The molecular weight excluding hydrogens is 112 g/mol. The third-order valence-electron chi connectivity index (χ3n) is 0.311. The molecule has 0 heterocycles. The summed E-state index contributed by atoms with van der Waals surface area (Å²) in [6.07, 6.45) is 0. The largest absolute Gasteiger partial charge is 0.394 e. The molecule has 7 heavy (non-hydrogen) atoms. The lowest BCUT2D eigenvalue weighted by atomic mass is 10.8. The average Bonchev–Trinajstić information content (AvgIpc) is 1.69.